The number of nitriles is 2. The smallest absolute Gasteiger partial charge is 0.226 e. The lowest BCUT2D eigenvalue weighted by Gasteiger charge is -2.17. The molecule has 0 saturated carbocycles. The summed E-state index contributed by atoms with van der Waals surface area (Å²) in [5.41, 5.74) is -2.58. The van der Waals surface area contributed by atoms with Crippen molar-refractivity contribution in [2.24, 2.45) is 0 Å². The van der Waals surface area contributed by atoms with Crippen LogP contribution in [0.5, 0.6) is 0 Å². The van der Waals surface area contributed by atoms with Crippen molar-refractivity contribution in [2.75, 3.05) is 0 Å². The molecule has 0 aromatic heterocycles. The van der Waals surface area contributed by atoms with Crippen molar-refractivity contribution < 1.29 is 8.78 Å². The minimum atomic E-state index is -3.67. The Morgan fingerprint density at radius 3 is 2.20 bits per heavy atom. The Hall–Kier alpha value is -3.22. The van der Waals surface area contributed by atoms with Gasteiger partial charge in [-0.1, -0.05) is 12.2 Å². The molecule has 0 aromatic rings. The molecule has 2 aliphatic rings. The molecule has 0 aromatic carbocycles. The first-order valence-corrected chi connectivity index (χ1v) is 5.35. The van der Waals surface area contributed by atoms with Crippen LogP contribution in [0.15, 0.2) is 45.8 Å². The summed E-state index contributed by atoms with van der Waals surface area (Å²) in [6.45, 7) is 13.7. The van der Waals surface area contributed by atoms with Gasteiger partial charge in [-0.05, 0) is 17.6 Å². The van der Waals surface area contributed by atoms with Crippen LogP contribution in [0, 0.1) is 35.8 Å². The Bertz CT molecular complexity index is 764. The van der Waals surface area contributed by atoms with Crippen LogP contribution >= 0.6 is 0 Å². The highest BCUT2D eigenvalue weighted by Gasteiger charge is 2.51. The molecule has 0 fully saturated rings. The third-order valence-corrected chi connectivity index (χ3v) is 3.04. The van der Waals surface area contributed by atoms with Crippen LogP contribution < -0.4 is 0 Å². The Labute approximate surface area is 113 Å². The van der Waals surface area contributed by atoms with E-state index in [1.807, 2.05) is 0 Å². The number of halogens is 2. The van der Waals surface area contributed by atoms with Gasteiger partial charge in [0.2, 0.25) is 0 Å². The normalized spacial score (nSPS) is 23.3. The number of nitrogens with zero attached hydrogens (tertiary/aromatic N) is 4. The zero-order valence-electron chi connectivity index (χ0n) is 9.91. The molecule has 0 spiro atoms. The van der Waals surface area contributed by atoms with Crippen molar-refractivity contribution in [3.63, 3.8) is 0 Å². The number of hydrogen-bond donors (Lipinski definition) is 0. The molecule has 2 aliphatic carbocycles. The van der Waals surface area contributed by atoms with Crippen LogP contribution in [-0.2, 0) is 0 Å². The molecule has 0 saturated heterocycles. The van der Waals surface area contributed by atoms with Gasteiger partial charge < -0.3 is 0 Å². The minimum Gasteiger partial charge on any atom is -0.226 e. The van der Waals surface area contributed by atoms with Crippen molar-refractivity contribution in [3.05, 3.63) is 68.7 Å². The van der Waals surface area contributed by atoms with Crippen molar-refractivity contribution in [2.45, 2.75) is 12.3 Å². The lowest BCUT2D eigenvalue weighted by molar-refractivity contribution is 0.0927. The van der Waals surface area contributed by atoms with Crippen LogP contribution in [0.25, 0.3) is 9.69 Å². The van der Waals surface area contributed by atoms with Gasteiger partial charge in [0.15, 0.2) is 0 Å². The highest BCUT2D eigenvalue weighted by atomic mass is 19.3. The molecule has 94 valence electrons. The predicted octanol–water partition coefficient (Wildman–Crippen LogP) is 3.29. The topological polar surface area (TPSA) is 56.3 Å². The van der Waals surface area contributed by atoms with Crippen molar-refractivity contribution in [1.82, 2.24) is 0 Å². The Morgan fingerprint density at radius 2 is 1.70 bits per heavy atom. The molecule has 0 heterocycles. The van der Waals surface area contributed by atoms with Crippen molar-refractivity contribution in [1.29, 1.82) is 10.5 Å². The summed E-state index contributed by atoms with van der Waals surface area (Å²) < 4.78 is 28.9. The molecule has 0 radical (unpaired) electrons. The molecule has 4 nitrogen and oxygen atoms in total. The van der Waals surface area contributed by atoms with E-state index in [9.17, 15) is 8.78 Å². The summed E-state index contributed by atoms with van der Waals surface area (Å²) in [4.78, 5) is 5.66. The SMILES string of the molecule is [C-]#[N+]/C(C#N)=C1C2=C(CC=C2)/C(=C(\C#N)[N+]#[C-])C/1(F)F. The van der Waals surface area contributed by atoms with E-state index in [0.717, 1.165) is 0 Å². The molecule has 0 aliphatic heterocycles. The largest absolute Gasteiger partial charge is 0.283 e. The summed E-state index contributed by atoms with van der Waals surface area (Å²) in [6, 6.07) is 2.91. The quantitative estimate of drug-likeness (QED) is 0.499. The molecule has 0 unspecified atom stereocenters. The molecular weight excluding hydrogens is 262 g/mol. The fourth-order valence-electron chi connectivity index (χ4n) is 2.30. The van der Waals surface area contributed by atoms with Gasteiger partial charge in [-0.2, -0.15) is 8.78 Å². The Balaban J connectivity index is 2.91. The fraction of sp³-hybridized carbons (Fsp3) is 0.143. The molecule has 0 amide bonds. The van der Waals surface area contributed by atoms with Crippen LogP contribution in [0.2, 0.25) is 0 Å². The lowest BCUT2D eigenvalue weighted by atomic mass is 9.99. The monoisotopic (exact) mass is 266 g/mol. The van der Waals surface area contributed by atoms with E-state index in [-0.39, 0.29) is 17.6 Å². The van der Waals surface area contributed by atoms with Crippen LogP contribution in [0.3, 0.4) is 0 Å². The van der Waals surface area contributed by atoms with E-state index in [1.54, 1.807) is 6.08 Å². The molecule has 0 N–H and O–H groups in total. The van der Waals surface area contributed by atoms with Gasteiger partial charge in [0.05, 0.1) is 25.3 Å². The summed E-state index contributed by atoms with van der Waals surface area (Å²) >= 11 is 0. The summed E-state index contributed by atoms with van der Waals surface area (Å²) in [5, 5.41) is 17.7. The first-order chi connectivity index (χ1) is 9.52. The predicted molar refractivity (Wildman–Crippen MR) is 64.2 cm³/mol. The minimum absolute atomic E-state index is 0.0777. The average molecular weight is 266 g/mol. The van der Waals surface area contributed by atoms with E-state index in [0.29, 0.717) is 0 Å². The lowest BCUT2D eigenvalue weighted by Crippen LogP contribution is -2.20. The second kappa shape index (κ2) is 4.47. The van der Waals surface area contributed by atoms with E-state index in [4.69, 9.17) is 23.7 Å². The van der Waals surface area contributed by atoms with Gasteiger partial charge in [0, 0.05) is 11.1 Å². The maximum atomic E-state index is 14.5. The summed E-state index contributed by atoms with van der Waals surface area (Å²) in [6.07, 6.45) is 3.14. The zero-order chi connectivity index (χ0) is 14.9. The van der Waals surface area contributed by atoms with E-state index >= 15 is 0 Å². The van der Waals surface area contributed by atoms with Crippen molar-refractivity contribution >= 4 is 0 Å². The molecule has 6 heteroatoms. The molecular formula is C14H4F2N4. The first-order valence-electron chi connectivity index (χ1n) is 5.35. The van der Waals surface area contributed by atoms with E-state index in [1.165, 1.54) is 18.2 Å². The third-order valence-electron chi connectivity index (χ3n) is 3.04. The van der Waals surface area contributed by atoms with Crippen molar-refractivity contribution in [3.8, 4) is 12.1 Å². The number of allylic oxidation sites excluding steroid dienone is 8. The van der Waals surface area contributed by atoms with Crippen LogP contribution in [0.4, 0.5) is 8.78 Å². The molecule has 0 atom stereocenters. The maximum absolute atomic E-state index is 14.5. The fourth-order valence-corrected chi connectivity index (χ4v) is 2.30. The van der Waals surface area contributed by atoms with E-state index in [2.05, 4.69) is 9.69 Å². The second-order valence-electron chi connectivity index (χ2n) is 3.97. The average Bonchev–Trinajstić information content (AvgIpc) is 2.95. The first kappa shape index (κ1) is 13.2. The number of rotatable bonds is 0. The third kappa shape index (κ3) is 1.53. The Morgan fingerprint density at radius 1 is 1.15 bits per heavy atom. The van der Waals surface area contributed by atoms with Gasteiger partial charge in [-0.15, -0.1) is 0 Å². The van der Waals surface area contributed by atoms with Gasteiger partial charge in [0.25, 0.3) is 17.3 Å². The Kier molecular flexibility index (Phi) is 2.95. The second-order valence-corrected chi connectivity index (χ2v) is 3.97. The summed E-state index contributed by atoms with van der Waals surface area (Å²) in [7, 11) is 0. The highest BCUT2D eigenvalue weighted by Crippen LogP contribution is 2.54. The number of alkyl halides is 2. The van der Waals surface area contributed by atoms with E-state index < -0.39 is 28.5 Å². The van der Waals surface area contributed by atoms with Gasteiger partial charge in [0.1, 0.15) is 0 Å². The molecule has 2 rings (SSSR count). The van der Waals surface area contributed by atoms with Crippen LogP contribution in [-0.4, -0.2) is 5.92 Å². The maximum Gasteiger partial charge on any atom is 0.283 e. The number of hydrogen-bond acceptors (Lipinski definition) is 2. The van der Waals surface area contributed by atoms with Crippen LogP contribution in [0.1, 0.15) is 6.42 Å². The van der Waals surface area contributed by atoms with Gasteiger partial charge >= 0.3 is 0 Å². The van der Waals surface area contributed by atoms with Gasteiger partial charge in [-0.3, -0.25) is 0 Å². The molecule has 0 bridgehead atoms. The zero-order valence-corrected chi connectivity index (χ0v) is 9.91. The summed E-state index contributed by atoms with van der Waals surface area (Å²) in [5.74, 6) is -3.67. The molecule has 20 heavy (non-hydrogen) atoms. The standard InChI is InChI=1S/C14H4F2N4/c1-19-10(6-17)12-8-4-3-5-9(8)13(14(12,15)16)11(7-18)20-2/h3-4H,5H2/b12-10-,13-11-. The highest BCUT2D eigenvalue weighted by molar-refractivity contribution is 5.73. The van der Waals surface area contributed by atoms with Gasteiger partial charge in [-0.25, -0.2) is 20.2 Å².